The topological polar surface area (TPSA) is 53.3 Å². The molecule has 0 aromatic carbocycles. The molecule has 0 bridgehead atoms. The molecule has 0 N–H and O–H groups in total. The summed E-state index contributed by atoms with van der Waals surface area (Å²) in [4.78, 5) is 12.0. The molecule has 0 saturated carbocycles. The zero-order valence-electron chi connectivity index (χ0n) is 9.76. The highest BCUT2D eigenvalue weighted by molar-refractivity contribution is 7.12. The summed E-state index contributed by atoms with van der Waals surface area (Å²) < 4.78 is 11.7. The predicted molar refractivity (Wildman–Crippen MR) is 64.4 cm³/mol. The molecule has 2 rings (SSSR count). The molecule has 2 aromatic heterocycles. The van der Waals surface area contributed by atoms with Gasteiger partial charge in [0.05, 0.1) is 25.5 Å². The van der Waals surface area contributed by atoms with Gasteiger partial charge in [-0.05, 0) is 6.07 Å². The van der Waals surface area contributed by atoms with Gasteiger partial charge in [0, 0.05) is 18.6 Å². The number of esters is 1. The van der Waals surface area contributed by atoms with Crippen LogP contribution in [0.1, 0.15) is 9.67 Å². The number of nitrogens with zero attached hydrogens (tertiary/aromatic N) is 2. The van der Waals surface area contributed by atoms with E-state index in [9.17, 15) is 4.79 Å². The van der Waals surface area contributed by atoms with Crippen LogP contribution in [0.3, 0.4) is 0 Å². The Morgan fingerprint density at radius 2 is 2.24 bits per heavy atom. The van der Waals surface area contributed by atoms with Crippen molar-refractivity contribution < 1.29 is 14.3 Å². The van der Waals surface area contributed by atoms with E-state index in [2.05, 4.69) is 5.10 Å². The van der Waals surface area contributed by atoms with Crippen LogP contribution in [0.25, 0.3) is 11.3 Å². The molecule has 2 heterocycles. The van der Waals surface area contributed by atoms with Gasteiger partial charge in [-0.3, -0.25) is 4.68 Å². The van der Waals surface area contributed by atoms with Crippen LogP contribution < -0.4 is 4.74 Å². The summed E-state index contributed by atoms with van der Waals surface area (Å²) in [6.07, 6.45) is 1.70. The molecule has 0 amide bonds. The van der Waals surface area contributed by atoms with Crippen molar-refractivity contribution in [2.24, 2.45) is 7.05 Å². The molecule has 17 heavy (non-hydrogen) atoms. The summed E-state index contributed by atoms with van der Waals surface area (Å²) in [5.74, 6) is 0.144. The lowest BCUT2D eigenvalue weighted by Gasteiger charge is -2.05. The van der Waals surface area contributed by atoms with Crippen LogP contribution >= 0.6 is 11.3 Å². The fourth-order valence-corrected chi connectivity index (χ4v) is 2.54. The minimum absolute atomic E-state index is 0.389. The van der Waals surface area contributed by atoms with Crippen LogP contribution in [-0.4, -0.2) is 30.0 Å². The van der Waals surface area contributed by atoms with Gasteiger partial charge in [0.25, 0.3) is 0 Å². The lowest BCUT2D eigenvalue weighted by molar-refractivity contribution is 0.0603. The summed E-state index contributed by atoms with van der Waals surface area (Å²) >= 11 is 1.30. The number of aryl methyl sites for hydroxylation is 1. The van der Waals surface area contributed by atoms with Crippen LogP contribution in [0.2, 0.25) is 0 Å². The average molecular weight is 252 g/mol. The van der Waals surface area contributed by atoms with Gasteiger partial charge in [0.15, 0.2) is 10.6 Å². The maximum atomic E-state index is 11.5. The second kappa shape index (κ2) is 4.58. The third-order valence-electron chi connectivity index (χ3n) is 2.42. The van der Waals surface area contributed by atoms with Gasteiger partial charge in [-0.15, -0.1) is 11.3 Å². The predicted octanol–water partition coefficient (Wildman–Crippen LogP) is 1.94. The van der Waals surface area contributed by atoms with Crippen LogP contribution in [0.15, 0.2) is 17.6 Å². The standard InChI is InChI=1S/C11H12N2O3S/c1-13-8(4-5-12-13)7-6-17-10(9(7)15-2)11(14)16-3/h4-6H,1-3H3. The number of hydrogen-bond acceptors (Lipinski definition) is 5. The summed E-state index contributed by atoms with van der Waals surface area (Å²) in [6, 6.07) is 1.87. The van der Waals surface area contributed by atoms with Crippen molar-refractivity contribution >= 4 is 17.3 Å². The number of aromatic nitrogens is 2. The molecular formula is C11H12N2O3S. The Bertz CT molecular complexity index is 545. The largest absolute Gasteiger partial charge is 0.494 e. The fraction of sp³-hybridized carbons (Fsp3) is 0.273. The van der Waals surface area contributed by atoms with Crippen molar-refractivity contribution in [3.63, 3.8) is 0 Å². The average Bonchev–Trinajstić information content (AvgIpc) is 2.93. The normalized spacial score (nSPS) is 10.3. The molecule has 0 aliphatic rings. The third kappa shape index (κ3) is 1.91. The van der Waals surface area contributed by atoms with E-state index in [0.29, 0.717) is 10.6 Å². The van der Waals surface area contributed by atoms with E-state index in [-0.39, 0.29) is 5.97 Å². The van der Waals surface area contributed by atoms with Crippen molar-refractivity contribution in [1.29, 1.82) is 0 Å². The number of carbonyl (C=O) groups is 1. The van der Waals surface area contributed by atoms with Crippen molar-refractivity contribution in [1.82, 2.24) is 9.78 Å². The van der Waals surface area contributed by atoms with Gasteiger partial charge in [-0.2, -0.15) is 5.10 Å². The van der Waals surface area contributed by atoms with E-state index in [1.165, 1.54) is 25.6 Å². The van der Waals surface area contributed by atoms with Crippen molar-refractivity contribution in [2.75, 3.05) is 14.2 Å². The molecule has 6 heteroatoms. The Hall–Kier alpha value is -1.82. The number of methoxy groups -OCH3 is 2. The molecule has 5 nitrogen and oxygen atoms in total. The zero-order chi connectivity index (χ0) is 12.4. The Kier molecular flexibility index (Phi) is 3.14. The number of ether oxygens (including phenoxy) is 2. The Balaban J connectivity index is 2.53. The number of hydrogen-bond donors (Lipinski definition) is 0. The first-order valence-electron chi connectivity index (χ1n) is 4.91. The highest BCUT2D eigenvalue weighted by Crippen LogP contribution is 2.38. The first-order chi connectivity index (χ1) is 8.19. The van der Waals surface area contributed by atoms with E-state index < -0.39 is 0 Å². The highest BCUT2D eigenvalue weighted by Gasteiger charge is 2.21. The van der Waals surface area contributed by atoms with Gasteiger partial charge >= 0.3 is 5.97 Å². The second-order valence-corrected chi connectivity index (χ2v) is 4.22. The molecule has 0 fully saturated rings. The number of rotatable bonds is 3. The van der Waals surface area contributed by atoms with Gasteiger partial charge in [-0.1, -0.05) is 0 Å². The summed E-state index contributed by atoms with van der Waals surface area (Å²) in [5, 5.41) is 5.96. The maximum absolute atomic E-state index is 11.5. The second-order valence-electron chi connectivity index (χ2n) is 3.34. The van der Waals surface area contributed by atoms with E-state index in [0.717, 1.165) is 11.3 Å². The first-order valence-corrected chi connectivity index (χ1v) is 5.79. The zero-order valence-corrected chi connectivity index (χ0v) is 10.6. The smallest absolute Gasteiger partial charge is 0.351 e. The highest BCUT2D eigenvalue weighted by atomic mass is 32.1. The van der Waals surface area contributed by atoms with E-state index >= 15 is 0 Å². The van der Waals surface area contributed by atoms with Crippen molar-refractivity contribution in [3.05, 3.63) is 22.5 Å². The molecule has 2 aromatic rings. The Labute approximate surface area is 103 Å². The minimum Gasteiger partial charge on any atom is -0.494 e. The molecule has 0 saturated heterocycles. The van der Waals surface area contributed by atoms with Crippen LogP contribution in [0.4, 0.5) is 0 Å². The maximum Gasteiger partial charge on any atom is 0.351 e. The van der Waals surface area contributed by atoms with Crippen LogP contribution in [0.5, 0.6) is 5.75 Å². The summed E-state index contributed by atoms with van der Waals surface area (Å²) in [7, 11) is 4.73. The summed E-state index contributed by atoms with van der Waals surface area (Å²) in [6.45, 7) is 0. The SMILES string of the molecule is COC(=O)c1scc(-c2ccnn2C)c1OC. The van der Waals surface area contributed by atoms with E-state index in [1.807, 2.05) is 18.5 Å². The Morgan fingerprint density at radius 3 is 2.76 bits per heavy atom. The quantitative estimate of drug-likeness (QED) is 0.783. The van der Waals surface area contributed by atoms with Crippen molar-refractivity contribution in [3.8, 4) is 17.0 Å². The molecule has 0 spiro atoms. The van der Waals surface area contributed by atoms with E-state index in [4.69, 9.17) is 9.47 Å². The molecule has 0 aliphatic heterocycles. The summed E-state index contributed by atoms with van der Waals surface area (Å²) in [5.41, 5.74) is 1.74. The van der Waals surface area contributed by atoms with Crippen LogP contribution in [-0.2, 0) is 11.8 Å². The molecule has 0 radical (unpaired) electrons. The number of thiophene rings is 1. The van der Waals surface area contributed by atoms with Gasteiger partial charge in [-0.25, -0.2) is 4.79 Å². The monoisotopic (exact) mass is 252 g/mol. The fourth-order valence-electron chi connectivity index (χ4n) is 1.60. The number of carbonyl (C=O) groups excluding carboxylic acids is 1. The van der Waals surface area contributed by atoms with Gasteiger partial charge in [0.1, 0.15) is 0 Å². The Morgan fingerprint density at radius 1 is 1.47 bits per heavy atom. The minimum atomic E-state index is -0.389. The van der Waals surface area contributed by atoms with Crippen LogP contribution in [0, 0.1) is 0 Å². The third-order valence-corrected chi connectivity index (χ3v) is 3.36. The molecular weight excluding hydrogens is 240 g/mol. The first kappa shape index (κ1) is 11.7. The van der Waals surface area contributed by atoms with Gasteiger partial charge in [0.2, 0.25) is 0 Å². The molecule has 0 unspecified atom stereocenters. The van der Waals surface area contributed by atoms with Gasteiger partial charge < -0.3 is 9.47 Å². The van der Waals surface area contributed by atoms with E-state index in [1.54, 1.807) is 10.9 Å². The molecule has 90 valence electrons. The molecule has 0 aliphatic carbocycles. The van der Waals surface area contributed by atoms with Crippen molar-refractivity contribution in [2.45, 2.75) is 0 Å². The lowest BCUT2D eigenvalue weighted by atomic mass is 10.2. The molecule has 0 atom stereocenters. The lowest BCUT2D eigenvalue weighted by Crippen LogP contribution is -2.01.